The first kappa shape index (κ1) is 22.0. The molecular formula is C22H20Cl2N2OS2. The Kier molecular flexibility index (Phi) is 7.90. The maximum atomic E-state index is 12.4. The first-order chi connectivity index (χ1) is 14.0. The van der Waals surface area contributed by atoms with Gasteiger partial charge in [0.2, 0.25) is 5.91 Å². The monoisotopic (exact) mass is 462 g/mol. The number of aromatic nitrogens is 1. The van der Waals surface area contributed by atoms with Crippen molar-refractivity contribution in [3.05, 3.63) is 70.5 Å². The van der Waals surface area contributed by atoms with Gasteiger partial charge in [-0.3, -0.25) is 9.78 Å². The highest BCUT2D eigenvalue weighted by molar-refractivity contribution is 7.99. The summed E-state index contributed by atoms with van der Waals surface area (Å²) in [4.78, 5) is 18.9. The van der Waals surface area contributed by atoms with Crippen LogP contribution >= 0.6 is 46.7 Å². The number of benzene rings is 2. The Morgan fingerprint density at radius 3 is 2.24 bits per heavy atom. The average molecular weight is 463 g/mol. The van der Waals surface area contributed by atoms with Gasteiger partial charge in [-0.2, -0.15) is 0 Å². The third-order valence-corrected chi connectivity index (χ3v) is 6.36. The number of rotatable bonds is 7. The zero-order chi connectivity index (χ0) is 20.8. The summed E-state index contributed by atoms with van der Waals surface area (Å²) in [5.41, 5.74) is 2.97. The second kappa shape index (κ2) is 10.4. The van der Waals surface area contributed by atoms with Crippen LogP contribution in [0.1, 0.15) is 12.6 Å². The molecule has 0 aliphatic rings. The number of thioether (sulfide) groups is 2. The summed E-state index contributed by atoms with van der Waals surface area (Å²) in [6.45, 7) is 2.12. The van der Waals surface area contributed by atoms with E-state index in [1.165, 1.54) is 4.90 Å². The van der Waals surface area contributed by atoms with E-state index in [2.05, 4.69) is 29.4 Å². The largest absolute Gasteiger partial charge is 0.326 e. The fraction of sp³-hybridized carbons (Fsp3) is 0.182. The molecule has 0 aliphatic heterocycles. The minimum atomic E-state index is -0.171. The quantitative estimate of drug-likeness (QED) is 0.381. The molecule has 1 aromatic heterocycles. The van der Waals surface area contributed by atoms with Crippen molar-refractivity contribution in [2.24, 2.45) is 0 Å². The molecular weight excluding hydrogens is 443 g/mol. The molecule has 0 radical (unpaired) electrons. The van der Waals surface area contributed by atoms with Crippen molar-refractivity contribution in [1.29, 1.82) is 0 Å². The van der Waals surface area contributed by atoms with Crippen LogP contribution < -0.4 is 5.32 Å². The Labute approximate surface area is 189 Å². The van der Waals surface area contributed by atoms with Crippen LogP contribution in [0.4, 0.5) is 5.69 Å². The van der Waals surface area contributed by atoms with Crippen LogP contribution in [0, 0.1) is 0 Å². The van der Waals surface area contributed by atoms with Crippen molar-refractivity contribution in [2.75, 3.05) is 17.3 Å². The van der Waals surface area contributed by atoms with Crippen LogP contribution in [0.3, 0.4) is 0 Å². The third kappa shape index (κ3) is 5.92. The van der Waals surface area contributed by atoms with Crippen LogP contribution in [0.15, 0.2) is 64.5 Å². The standard InChI is InChI=1S/C22H20Cl2N2OS2/c1-3-29-17-7-4-14(5-8-17)22-19(23)10-16(11-20(22)24)26-21(27)12-15-6-9-18(28-2)13-25-15/h4-11,13H,3,12H2,1-2H3,(H,26,27). The number of carbonyl (C=O) groups is 1. The highest BCUT2D eigenvalue weighted by Crippen LogP contribution is 2.38. The molecule has 0 unspecified atom stereocenters. The van der Waals surface area contributed by atoms with Crippen molar-refractivity contribution in [3.8, 4) is 11.1 Å². The van der Waals surface area contributed by atoms with E-state index in [1.54, 1.807) is 41.9 Å². The normalized spacial score (nSPS) is 10.8. The van der Waals surface area contributed by atoms with E-state index in [4.69, 9.17) is 23.2 Å². The molecule has 3 nitrogen and oxygen atoms in total. The molecule has 150 valence electrons. The molecule has 0 saturated carbocycles. The van der Waals surface area contributed by atoms with Crippen LogP contribution in [0.25, 0.3) is 11.1 Å². The topological polar surface area (TPSA) is 42.0 Å². The summed E-state index contributed by atoms with van der Waals surface area (Å²) in [7, 11) is 0. The molecule has 7 heteroatoms. The molecule has 2 aromatic carbocycles. The molecule has 0 spiro atoms. The van der Waals surface area contributed by atoms with Gasteiger partial charge in [0.25, 0.3) is 0 Å². The Balaban J connectivity index is 1.73. The number of hydrogen-bond acceptors (Lipinski definition) is 4. The van der Waals surface area contributed by atoms with Crippen molar-refractivity contribution in [2.45, 2.75) is 23.1 Å². The van der Waals surface area contributed by atoms with Crippen LogP contribution in [0.5, 0.6) is 0 Å². The maximum absolute atomic E-state index is 12.4. The highest BCUT2D eigenvalue weighted by Gasteiger charge is 2.13. The van der Waals surface area contributed by atoms with Gasteiger partial charge in [-0.05, 0) is 54.0 Å². The van der Waals surface area contributed by atoms with Crippen LogP contribution in [-0.4, -0.2) is 22.9 Å². The van der Waals surface area contributed by atoms with Gasteiger partial charge in [0.05, 0.1) is 16.5 Å². The van der Waals surface area contributed by atoms with E-state index in [-0.39, 0.29) is 12.3 Å². The molecule has 1 N–H and O–H groups in total. The summed E-state index contributed by atoms with van der Waals surface area (Å²) in [5.74, 6) is 0.849. The zero-order valence-electron chi connectivity index (χ0n) is 16.0. The Bertz CT molecular complexity index is 970. The fourth-order valence-corrected chi connectivity index (χ4v) is 4.54. The number of carbonyl (C=O) groups excluding carboxylic acids is 1. The molecule has 0 bridgehead atoms. The lowest BCUT2D eigenvalue weighted by molar-refractivity contribution is -0.115. The lowest BCUT2D eigenvalue weighted by atomic mass is 10.0. The number of amides is 1. The van der Waals surface area contributed by atoms with Gasteiger partial charge in [-0.1, -0.05) is 42.3 Å². The lowest BCUT2D eigenvalue weighted by Gasteiger charge is -2.12. The summed E-state index contributed by atoms with van der Waals surface area (Å²) in [6, 6.07) is 15.4. The SMILES string of the molecule is CCSc1ccc(-c2c(Cl)cc(NC(=O)Cc3ccc(SC)cn3)cc2Cl)cc1. The van der Waals surface area contributed by atoms with Crippen molar-refractivity contribution < 1.29 is 4.79 Å². The van der Waals surface area contributed by atoms with Gasteiger partial charge < -0.3 is 5.32 Å². The second-order valence-corrected chi connectivity index (χ2v) is 9.22. The van der Waals surface area contributed by atoms with E-state index in [0.717, 1.165) is 21.8 Å². The zero-order valence-corrected chi connectivity index (χ0v) is 19.2. The highest BCUT2D eigenvalue weighted by atomic mass is 35.5. The molecule has 0 aliphatic carbocycles. The molecule has 3 aromatic rings. The number of pyridine rings is 1. The molecule has 1 amide bonds. The first-order valence-electron chi connectivity index (χ1n) is 9.01. The van der Waals surface area contributed by atoms with E-state index < -0.39 is 0 Å². The first-order valence-corrected chi connectivity index (χ1v) is 12.0. The molecule has 29 heavy (non-hydrogen) atoms. The van der Waals surface area contributed by atoms with Crippen molar-refractivity contribution in [1.82, 2.24) is 4.98 Å². The van der Waals surface area contributed by atoms with E-state index in [1.807, 2.05) is 30.5 Å². The summed E-state index contributed by atoms with van der Waals surface area (Å²) >= 11 is 16.4. The molecule has 3 rings (SSSR count). The number of halogens is 2. The van der Waals surface area contributed by atoms with E-state index in [9.17, 15) is 4.79 Å². The van der Waals surface area contributed by atoms with Gasteiger partial charge in [-0.25, -0.2) is 0 Å². The maximum Gasteiger partial charge on any atom is 0.230 e. The minimum Gasteiger partial charge on any atom is -0.326 e. The van der Waals surface area contributed by atoms with E-state index >= 15 is 0 Å². The lowest BCUT2D eigenvalue weighted by Crippen LogP contribution is -2.15. The summed E-state index contributed by atoms with van der Waals surface area (Å²) in [6.07, 6.45) is 3.93. The third-order valence-electron chi connectivity index (χ3n) is 4.15. The smallest absolute Gasteiger partial charge is 0.230 e. The van der Waals surface area contributed by atoms with Gasteiger partial charge in [0.15, 0.2) is 0 Å². The van der Waals surface area contributed by atoms with Gasteiger partial charge >= 0.3 is 0 Å². The van der Waals surface area contributed by atoms with Crippen molar-refractivity contribution in [3.63, 3.8) is 0 Å². The van der Waals surface area contributed by atoms with E-state index in [0.29, 0.717) is 21.4 Å². The van der Waals surface area contributed by atoms with Gasteiger partial charge in [-0.15, -0.1) is 23.5 Å². The molecule has 0 saturated heterocycles. The number of anilines is 1. The predicted octanol–water partition coefficient (Wildman–Crippen LogP) is 7.07. The second-order valence-electron chi connectivity index (χ2n) is 6.19. The van der Waals surface area contributed by atoms with Crippen LogP contribution in [-0.2, 0) is 11.2 Å². The number of hydrogen-bond donors (Lipinski definition) is 1. The minimum absolute atomic E-state index is 0.171. The molecule has 0 fully saturated rings. The van der Waals surface area contributed by atoms with Crippen LogP contribution in [0.2, 0.25) is 10.0 Å². The predicted molar refractivity (Wildman–Crippen MR) is 127 cm³/mol. The van der Waals surface area contributed by atoms with Gasteiger partial charge in [0.1, 0.15) is 0 Å². The Morgan fingerprint density at radius 2 is 1.69 bits per heavy atom. The van der Waals surface area contributed by atoms with Gasteiger partial charge in [0, 0.05) is 32.9 Å². The Morgan fingerprint density at radius 1 is 1.03 bits per heavy atom. The number of nitrogens with one attached hydrogen (secondary N) is 1. The summed E-state index contributed by atoms with van der Waals surface area (Å²) < 4.78 is 0. The summed E-state index contributed by atoms with van der Waals surface area (Å²) in [5, 5.41) is 3.83. The Hall–Kier alpha value is -1.66. The van der Waals surface area contributed by atoms with Crippen molar-refractivity contribution >= 4 is 58.3 Å². The average Bonchev–Trinajstić information content (AvgIpc) is 2.69. The molecule has 1 heterocycles. The fourth-order valence-electron chi connectivity index (χ4n) is 2.81. The number of nitrogens with zero attached hydrogens (tertiary/aromatic N) is 1. The molecule has 0 atom stereocenters.